The van der Waals surface area contributed by atoms with Crippen molar-refractivity contribution in [3.05, 3.63) is 33.8 Å². The van der Waals surface area contributed by atoms with Crippen LogP contribution in [0.4, 0.5) is 8.78 Å². The Morgan fingerprint density at radius 2 is 2.21 bits per heavy atom. The maximum Gasteiger partial charge on any atom is 0.157 e. The summed E-state index contributed by atoms with van der Waals surface area (Å²) in [5.74, 6) is -1.49. The number of nitrogens with one attached hydrogen (secondary N) is 1. The van der Waals surface area contributed by atoms with Crippen molar-refractivity contribution in [3.63, 3.8) is 0 Å². The lowest BCUT2D eigenvalue weighted by atomic mass is 9.86. The van der Waals surface area contributed by atoms with Gasteiger partial charge >= 0.3 is 0 Å². The molecule has 1 heterocycles. The maximum absolute atomic E-state index is 13.9. The van der Waals surface area contributed by atoms with Gasteiger partial charge in [-0.2, -0.15) is 0 Å². The van der Waals surface area contributed by atoms with Crippen LogP contribution in [-0.2, 0) is 11.2 Å². The summed E-state index contributed by atoms with van der Waals surface area (Å²) >= 11 is 3.02. The van der Waals surface area contributed by atoms with Crippen molar-refractivity contribution >= 4 is 21.7 Å². The maximum atomic E-state index is 13.9. The van der Waals surface area contributed by atoms with Crippen molar-refractivity contribution in [2.45, 2.75) is 38.1 Å². The molecule has 0 saturated carbocycles. The molecule has 1 atom stereocenters. The van der Waals surface area contributed by atoms with E-state index < -0.39 is 17.2 Å². The number of rotatable bonds is 4. The molecule has 5 heteroatoms. The number of Topliss-reactive ketones (excluding diaryl/α,β-unsaturated/α-hetero) is 1. The van der Waals surface area contributed by atoms with Gasteiger partial charge in [-0.3, -0.25) is 4.79 Å². The minimum absolute atomic E-state index is 0.136. The van der Waals surface area contributed by atoms with Crippen LogP contribution in [0.5, 0.6) is 0 Å². The molecular weight excluding hydrogens is 316 g/mol. The van der Waals surface area contributed by atoms with Crippen LogP contribution in [0.2, 0.25) is 0 Å². The van der Waals surface area contributed by atoms with Crippen molar-refractivity contribution in [2.75, 3.05) is 6.54 Å². The molecule has 0 bridgehead atoms. The normalized spacial score (nSPS) is 22.7. The van der Waals surface area contributed by atoms with Gasteiger partial charge in [0.05, 0.1) is 10.0 Å². The lowest BCUT2D eigenvalue weighted by molar-refractivity contribution is -0.124. The Morgan fingerprint density at radius 3 is 2.79 bits per heavy atom. The fourth-order valence-electron chi connectivity index (χ4n) is 2.60. The average Bonchev–Trinajstić information content (AvgIpc) is 2.89. The van der Waals surface area contributed by atoms with Gasteiger partial charge < -0.3 is 5.32 Å². The topological polar surface area (TPSA) is 29.1 Å². The molecule has 0 spiro atoms. The fraction of sp³-hybridized carbons (Fsp3) is 0.500. The van der Waals surface area contributed by atoms with E-state index in [0.29, 0.717) is 6.42 Å². The second kappa shape index (κ2) is 5.67. The van der Waals surface area contributed by atoms with E-state index >= 15 is 0 Å². The third-order valence-electron chi connectivity index (χ3n) is 3.86. The van der Waals surface area contributed by atoms with Crippen molar-refractivity contribution < 1.29 is 13.6 Å². The van der Waals surface area contributed by atoms with E-state index in [4.69, 9.17) is 0 Å². The second-order valence-corrected chi connectivity index (χ2v) is 5.74. The Kier molecular flexibility index (Phi) is 4.36. The van der Waals surface area contributed by atoms with Crippen LogP contribution < -0.4 is 5.32 Å². The zero-order valence-electron chi connectivity index (χ0n) is 10.7. The number of hydrogen-bond donors (Lipinski definition) is 1. The summed E-state index contributed by atoms with van der Waals surface area (Å²) in [7, 11) is 0. The Balaban J connectivity index is 2.26. The molecule has 19 heavy (non-hydrogen) atoms. The minimum Gasteiger partial charge on any atom is -0.305 e. The second-order valence-electron chi connectivity index (χ2n) is 4.89. The molecule has 2 nitrogen and oxygen atoms in total. The zero-order valence-corrected chi connectivity index (χ0v) is 12.3. The highest BCUT2D eigenvalue weighted by atomic mass is 79.9. The molecule has 0 aromatic heterocycles. The molecule has 0 radical (unpaired) electrons. The minimum atomic E-state index is -0.683. The van der Waals surface area contributed by atoms with Gasteiger partial charge in [-0.25, -0.2) is 8.78 Å². The van der Waals surface area contributed by atoms with E-state index in [1.54, 1.807) is 0 Å². The highest BCUT2D eigenvalue weighted by Gasteiger charge is 2.39. The van der Waals surface area contributed by atoms with Crippen molar-refractivity contribution in [2.24, 2.45) is 0 Å². The van der Waals surface area contributed by atoms with E-state index in [-0.39, 0.29) is 22.2 Å². The number of carbonyl (C=O) groups is 1. The van der Waals surface area contributed by atoms with Crippen LogP contribution in [-0.4, -0.2) is 17.9 Å². The first kappa shape index (κ1) is 14.6. The zero-order chi connectivity index (χ0) is 14.0. The Labute approximate surface area is 119 Å². The van der Waals surface area contributed by atoms with E-state index in [1.807, 2.05) is 6.92 Å². The lowest BCUT2D eigenvalue weighted by Gasteiger charge is -2.26. The third kappa shape index (κ3) is 2.72. The number of carbonyl (C=O) groups excluding carboxylic acids is 1. The van der Waals surface area contributed by atoms with Crippen LogP contribution in [0.15, 0.2) is 16.6 Å². The predicted molar refractivity (Wildman–Crippen MR) is 73.0 cm³/mol. The molecule has 1 unspecified atom stereocenters. The van der Waals surface area contributed by atoms with Gasteiger partial charge in [0, 0.05) is 12.0 Å². The highest BCUT2D eigenvalue weighted by molar-refractivity contribution is 9.10. The van der Waals surface area contributed by atoms with Gasteiger partial charge in [-0.1, -0.05) is 6.92 Å². The van der Waals surface area contributed by atoms with Crippen LogP contribution in [0, 0.1) is 11.6 Å². The molecule has 2 rings (SSSR count). The first-order valence-electron chi connectivity index (χ1n) is 6.41. The van der Waals surface area contributed by atoms with E-state index in [2.05, 4.69) is 21.2 Å². The molecule has 1 aromatic carbocycles. The molecule has 1 saturated heterocycles. The van der Waals surface area contributed by atoms with Crippen LogP contribution in [0.1, 0.15) is 31.7 Å². The quantitative estimate of drug-likeness (QED) is 0.857. The lowest BCUT2D eigenvalue weighted by Crippen LogP contribution is -2.48. The van der Waals surface area contributed by atoms with E-state index in [1.165, 1.54) is 12.1 Å². The summed E-state index contributed by atoms with van der Waals surface area (Å²) in [5, 5.41) is 3.19. The standard InChI is InChI=1S/C14H16BrF2NO/c1-2-14(6-3-7-18-14)12(19)8-9-11(16)5-4-10(15)13(9)17/h4-5,18H,2-3,6-8H2,1H3. The Morgan fingerprint density at radius 1 is 1.47 bits per heavy atom. The summed E-state index contributed by atoms with van der Waals surface area (Å²) in [4.78, 5) is 12.4. The van der Waals surface area contributed by atoms with Gasteiger partial charge in [-0.05, 0) is 53.9 Å². The molecule has 1 aliphatic heterocycles. The number of hydrogen-bond acceptors (Lipinski definition) is 2. The number of benzene rings is 1. The largest absolute Gasteiger partial charge is 0.305 e. The molecule has 104 valence electrons. The van der Waals surface area contributed by atoms with Crippen molar-refractivity contribution in [3.8, 4) is 0 Å². The van der Waals surface area contributed by atoms with Crippen LogP contribution >= 0.6 is 15.9 Å². The van der Waals surface area contributed by atoms with E-state index in [9.17, 15) is 13.6 Å². The molecule has 0 amide bonds. The average molecular weight is 332 g/mol. The molecule has 1 aliphatic rings. The van der Waals surface area contributed by atoms with Gasteiger partial charge in [0.2, 0.25) is 0 Å². The first-order chi connectivity index (χ1) is 9.00. The molecule has 1 fully saturated rings. The van der Waals surface area contributed by atoms with Gasteiger partial charge in [0.15, 0.2) is 5.78 Å². The first-order valence-corrected chi connectivity index (χ1v) is 7.20. The molecule has 1 N–H and O–H groups in total. The highest BCUT2D eigenvalue weighted by Crippen LogP contribution is 2.28. The summed E-state index contributed by atoms with van der Waals surface area (Å²) in [5.41, 5.74) is -0.762. The van der Waals surface area contributed by atoms with E-state index in [0.717, 1.165) is 19.4 Å². The van der Waals surface area contributed by atoms with Gasteiger partial charge in [0.1, 0.15) is 11.6 Å². The predicted octanol–water partition coefficient (Wildman–Crippen LogP) is 3.37. The summed E-state index contributed by atoms with van der Waals surface area (Å²) in [6.45, 7) is 2.70. The van der Waals surface area contributed by atoms with Crippen molar-refractivity contribution in [1.29, 1.82) is 0 Å². The van der Waals surface area contributed by atoms with Crippen LogP contribution in [0.3, 0.4) is 0 Å². The summed E-state index contributed by atoms with van der Waals surface area (Å²) < 4.78 is 27.7. The molecule has 0 aliphatic carbocycles. The number of ketones is 1. The summed E-state index contributed by atoms with van der Waals surface area (Å²) in [6, 6.07) is 2.48. The third-order valence-corrected chi connectivity index (χ3v) is 4.47. The summed E-state index contributed by atoms with van der Waals surface area (Å²) in [6.07, 6.45) is 2.09. The monoisotopic (exact) mass is 331 g/mol. The Hall–Kier alpha value is -0.810. The van der Waals surface area contributed by atoms with Crippen LogP contribution in [0.25, 0.3) is 0 Å². The molecular formula is C14H16BrF2NO. The van der Waals surface area contributed by atoms with Gasteiger partial charge in [0.25, 0.3) is 0 Å². The fourth-order valence-corrected chi connectivity index (χ4v) is 2.98. The smallest absolute Gasteiger partial charge is 0.157 e. The van der Waals surface area contributed by atoms with Gasteiger partial charge in [-0.15, -0.1) is 0 Å². The van der Waals surface area contributed by atoms with Crippen molar-refractivity contribution in [1.82, 2.24) is 5.32 Å². The number of halogens is 3. The SMILES string of the molecule is CCC1(C(=O)Cc2c(F)ccc(Br)c2F)CCCN1. The Bertz CT molecular complexity index is 498. The molecule has 1 aromatic rings.